The van der Waals surface area contributed by atoms with E-state index in [2.05, 4.69) is 38.1 Å². The molecule has 0 saturated carbocycles. The molecule has 8 nitrogen and oxygen atoms in total. The van der Waals surface area contributed by atoms with E-state index in [1.54, 1.807) is 6.20 Å². The number of nitrogens with zero attached hydrogens (tertiary/aromatic N) is 5. The van der Waals surface area contributed by atoms with E-state index in [-0.39, 0.29) is 12.6 Å². The van der Waals surface area contributed by atoms with Crippen molar-refractivity contribution in [1.82, 2.24) is 14.9 Å². The standard InChI is InChI=1S/C30H28FN7O/c1-2-28(39)34-24-7-3-5-21(17-24)26-8-4-6-22-20-33-30(36-29(22)26)35-27-10-9-25(18-23(27)19-32)38-15-13-37(12-11-31)14-16-38/h2-10,17-18,20H,1,11-16H2,(H,34,39)(H,33,35,36). The summed E-state index contributed by atoms with van der Waals surface area (Å²) in [7, 11) is 0. The molecule has 2 N–H and O–H groups in total. The minimum atomic E-state index is -0.336. The number of carbonyl (C=O) groups is 1. The fourth-order valence-corrected chi connectivity index (χ4v) is 4.71. The number of benzene rings is 3. The number of hydrogen-bond donors (Lipinski definition) is 2. The van der Waals surface area contributed by atoms with Gasteiger partial charge in [-0.15, -0.1) is 0 Å². The van der Waals surface area contributed by atoms with Gasteiger partial charge >= 0.3 is 0 Å². The molecule has 0 unspecified atom stereocenters. The van der Waals surface area contributed by atoms with Crippen molar-refractivity contribution in [1.29, 1.82) is 5.26 Å². The van der Waals surface area contributed by atoms with E-state index < -0.39 is 0 Å². The van der Waals surface area contributed by atoms with Gasteiger partial charge in [0, 0.05) is 61.2 Å². The quantitative estimate of drug-likeness (QED) is 0.310. The number of rotatable bonds is 8. The maximum Gasteiger partial charge on any atom is 0.247 e. The molecule has 0 spiro atoms. The van der Waals surface area contributed by atoms with Crippen LogP contribution in [-0.4, -0.2) is 60.2 Å². The molecule has 1 saturated heterocycles. The number of fused-ring (bicyclic) bond motifs is 1. The molecule has 1 fully saturated rings. The van der Waals surface area contributed by atoms with E-state index in [9.17, 15) is 14.4 Å². The summed E-state index contributed by atoms with van der Waals surface area (Å²) >= 11 is 0. The normalized spacial score (nSPS) is 13.6. The fraction of sp³-hybridized carbons (Fsp3) is 0.200. The minimum absolute atomic E-state index is 0.280. The molecule has 4 aromatic rings. The number of nitrogens with one attached hydrogen (secondary N) is 2. The van der Waals surface area contributed by atoms with Crippen LogP contribution in [0.25, 0.3) is 22.0 Å². The number of amides is 1. The van der Waals surface area contributed by atoms with Gasteiger partial charge in [-0.1, -0.05) is 36.9 Å². The van der Waals surface area contributed by atoms with Crippen LogP contribution < -0.4 is 15.5 Å². The van der Waals surface area contributed by atoms with Crippen molar-refractivity contribution in [3.63, 3.8) is 0 Å². The Labute approximate surface area is 226 Å². The molecule has 39 heavy (non-hydrogen) atoms. The molecule has 0 aliphatic carbocycles. The Balaban J connectivity index is 1.40. The van der Waals surface area contributed by atoms with Gasteiger partial charge in [-0.25, -0.2) is 14.4 Å². The summed E-state index contributed by atoms with van der Waals surface area (Å²) in [5.74, 6) is 0.0902. The summed E-state index contributed by atoms with van der Waals surface area (Å²) in [4.78, 5) is 25.3. The lowest BCUT2D eigenvalue weighted by Gasteiger charge is -2.35. The van der Waals surface area contributed by atoms with Crippen molar-refractivity contribution in [3.8, 4) is 17.2 Å². The van der Waals surface area contributed by atoms with Crippen LogP contribution in [0.1, 0.15) is 5.56 Å². The molecule has 3 aromatic carbocycles. The highest BCUT2D eigenvalue weighted by molar-refractivity contribution is 6.00. The molecule has 5 rings (SSSR count). The topological polar surface area (TPSA) is 97.2 Å². The number of alkyl halides is 1. The summed E-state index contributed by atoms with van der Waals surface area (Å²) in [6.45, 7) is 6.79. The van der Waals surface area contributed by atoms with Crippen LogP contribution in [0, 0.1) is 11.3 Å². The van der Waals surface area contributed by atoms with Gasteiger partial charge in [0.1, 0.15) is 12.7 Å². The highest BCUT2D eigenvalue weighted by Crippen LogP contribution is 2.31. The van der Waals surface area contributed by atoms with Crippen molar-refractivity contribution < 1.29 is 9.18 Å². The van der Waals surface area contributed by atoms with Crippen molar-refractivity contribution in [2.45, 2.75) is 0 Å². The number of halogens is 1. The van der Waals surface area contributed by atoms with Crippen LogP contribution in [0.15, 0.2) is 79.5 Å². The zero-order chi connectivity index (χ0) is 27.2. The number of piperazine rings is 1. The molecule has 1 aliphatic heterocycles. The molecule has 0 radical (unpaired) electrons. The molecule has 1 aromatic heterocycles. The third-order valence-electron chi connectivity index (χ3n) is 6.75. The van der Waals surface area contributed by atoms with Crippen molar-refractivity contribution in [2.24, 2.45) is 0 Å². The molecule has 1 aliphatic rings. The minimum Gasteiger partial charge on any atom is -0.369 e. The molecular formula is C30H28FN7O. The summed E-state index contributed by atoms with van der Waals surface area (Å²) < 4.78 is 12.7. The Kier molecular flexibility index (Phi) is 7.75. The first kappa shape index (κ1) is 25.8. The summed E-state index contributed by atoms with van der Waals surface area (Å²) in [5, 5.41) is 16.7. The van der Waals surface area contributed by atoms with Gasteiger partial charge < -0.3 is 15.5 Å². The highest BCUT2D eigenvalue weighted by Gasteiger charge is 2.18. The molecule has 1 amide bonds. The van der Waals surface area contributed by atoms with Gasteiger partial charge in [-0.05, 0) is 42.0 Å². The van der Waals surface area contributed by atoms with Crippen LogP contribution in [0.2, 0.25) is 0 Å². The smallest absolute Gasteiger partial charge is 0.247 e. The van der Waals surface area contributed by atoms with E-state index in [1.165, 1.54) is 6.08 Å². The monoisotopic (exact) mass is 521 g/mol. The van der Waals surface area contributed by atoms with Crippen molar-refractivity contribution >= 4 is 39.8 Å². The van der Waals surface area contributed by atoms with E-state index in [0.29, 0.717) is 29.4 Å². The first-order valence-corrected chi connectivity index (χ1v) is 12.7. The fourth-order valence-electron chi connectivity index (χ4n) is 4.71. The van der Waals surface area contributed by atoms with E-state index in [1.807, 2.05) is 60.7 Å². The number of carbonyl (C=O) groups excluding carboxylic acids is 1. The van der Waals surface area contributed by atoms with E-state index >= 15 is 0 Å². The predicted octanol–water partition coefficient (Wildman–Crippen LogP) is 5.13. The molecule has 9 heteroatoms. The number of aromatic nitrogens is 2. The highest BCUT2D eigenvalue weighted by atomic mass is 19.1. The van der Waals surface area contributed by atoms with E-state index in [4.69, 9.17) is 4.98 Å². The molecule has 0 atom stereocenters. The lowest BCUT2D eigenvalue weighted by molar-refractivity contribution is -0.111. The van der Waals surface area contributed by atoms with Gasteiger partial charge in [-0.3, -0.25) is 9.69 Å². The Morgan fingerprint density at radius 1 is 1.10 bits per heavy atom. The molecule has 2 heterocycles. The van der Waals surface area contributed by atoms with Gasteiger partial charge in [-0.2, -0.15) is 5.26 Å². The van der Waals surface area contributed by atoms with Crippen LogP contribution in [-0.2, 0) is 4.79 Å². The third-order valence-corrected chi connectivity index (χ3v) is 6.75. The summed E-state index contributed by atoms with van der Waals surface area (Å²) in [5.41, 5.74) is 5.23. The maximum atomic E-state index is 12.7. The zero-order valence-electron chi connectivity index (χ0n) is 21.4. The Hall–Kier alpha value is -4.81. The number of anilines is 4. The van der Waals surface area contributed by atoms with Crippen LogP contribution >= 0.6 is 0 Å². The Morgan fingerprint density at radius 2 is 1.92 bits per heavy atom. The third kappa shape index (κ3) is 5.87. The second-order valence-electron chi connectivity index (χ2n) is 9.20. The lowest BCUT2D eigenvalue weighted by atomic mass is 10.0. The number of hydrogen-bond acceptors (Lipinski definition) is 7. The Morgan fingerprint density at radius 3 is 2.69 bits per heavy atom. The molecule has 196 valence electrons. The zero-order valence-corrected chi connectivity index (χ0v) is 21.4. The van der Waals surface area contributed by atoms with Crippen LogP contribution in [0.5, 0.6) is 0 Å². The van der Waals surface area contributed by atoms with Crippen molar-refractivity contribution in [3.05, 3.63) is 85.1 Å². The second-order valence-corrected chi connectivity index (χ2v) is 9.20. The first-order valence-electron chi connectivity index (χ1n) is 12.7. The molecular weight excluding hydrogens is 493 g/mol. The van der Waals surface area contributed by atoms with Crippen molar-refractivity contribution in [2.75, 3.05) is 54.9 Å². The average Bonchev–Trinajstić information content (AvgIpc) is 2.97. The largest absolute Gasteiger partial charge is 0.369 e. The van der Waals surface area contributed by atoms with Gasteiger partial charge in [0.15, 0.2) is 0 Å². The lowest BCUT2D eigenvalue weighted by Crippen LogP contribution is -2.47. The SMILES string of the molecule is C=CC(=O)Nc1cccc(-c2cccc3cnc(Nc4ccc(N5CCN(CCF)CC5)cc4C#N)nc23)c1. The van der Waals surface area contributed by atoms with Crippen LogP contribution in [0.3, 0.4) is 0 Å². The summed E-state index contributed by atoms with van der Waals surface area (Å²) in [6.07, 6.45) is 2.97. The maximum absolute atomic E-state index is 12.7. The first-order chi connectivity index (χ1) is 19.1. The van der Waals surface area contributed by atoms with E-state index in [0.717, 1.165) is 53.9 Å². The summed E-state index contributed by atoms with van der Waals surface area (Å²) in [6, 6.07) is 21.4. The Bertz CT molecular complexity index is 1560. The molecule has 0 bridgehead atoms. The van der Waals surface area contributed by atoms with Gasteiger partial charge in [0.05, 0.1) is 16.8 Å². The predicted molar refractivity (Wildman–Crippen MR) is 153 cm³/mol. The number of nitriles is 1. The number of para-hydroxylation sites is 1. The van der Waals surface area contributed by atoms with Gasteiger partial charge in [0.2, 0.25) is 11.9 Å². The van der Waals surface area contributed by atoms with Gasteiger partial charge in [0.25, 0.3) is 0 Å². The average molecular weight is 522 g/mol. The van der Waals surface area contributed by atoms with Crippen LogP contribution in [0.4, 0.5) is 27.4 Å². The second kappa shape index (κ2) is 11.7.